The van der Waals surface area contributed by atoms with E-state index < -0.39 is 23.8 Å². The zero-order chi connectivity index (χ0) is 24.7. The molecule has 1 aliphatic rings. The van der Waals surface area contributed by atoms with Crippen LogP contribution in [0.1, 0.15) is 99.3 Å². The normalized spacial score (nSPS) is 20.2. The van der Waals surface area contributed by atoms with Gasteiger partial charge >= 0.3 is 11.9 Å². The molecule has 2 unspecified atom stereocenters. The fourth-order valence-electron chi connectivity index (χ4n) is 3.35. The lowest BCUT2D eigenvalue weighted by Gasteiger charge is -2.39. The minimum absolute atomic E-state index is 0.241. The summed E-state index contributed by atoms with van der Waals surface area (Å²) in [7, 11) is 0. The Kier molecular flexibility index (Phi) is 14.3. The molecule has 0 fully saturated rings. The van der Waals surface area contributed by atoms with E-state index in [9.17, 15) is 9.59 Å². The van der Waals surface area contributed by atoms with Crippen LogP contribution in [0.25, 0.3) is 0 Å². The van der Waals surface area contributed by atoms with Crippen molar-refractivity contribution >= 4 is 11.9 Å². The average molecular weight is 467 g/mol. The molecule has 2 atom stereocenters. The Hall–Kier alpha value is -1.66. The summed E-state index contributed by atoms with van der Waals surface area (Å²) in [6, 6.07) is 0. The quantitative estimate of drug-likeness (QED) is 0.139. The van der Waals surface area contributed by atoms with Crippen LogP contribution in [0, 0.1) is 11.8 Å². The highest BCUT2D eigenvalue weighted by molar-refractivity contribution is 5.74. The van der Waals surface area contributed by atoms with Crippen LogP contribution < -0.4 is 0 Å². The number of ether oxygens (including phenoxy) is 4. The van der Waals surface area contributed by atoms with E-state index in [0.29, 0.717) is 13.2 Å². The molecule has 6 nitrogen and oxygen atoms in total. The second-order valence-corrected chi connectivity index (χ2v) is 9.37. The van der Waals surface area contributed by atoms with Crippen molar-refractivity contribution in [3.63, 3.8) is 0 Å². The van der Waals surface area contributed by atoms with Crippen molar-refractivity contribution in [1.29, 1.82) is 0 Å². The van der Waals surface area contributed by atoms with E-state index in [-0.39, 0.29) is 17.6 Å². The third kappa shape index (κ3) is 10.4. The van der Waals surface area contributed by atoms with Crippen LogP contribution >= 0.6 is 0 Å². The fourth-order valence-corrected chi connectivity index (χ4v) is 3.35. The number of carbonyl (C=O) groups is 2. The number of esters is 2. The third-order valence-corrected chi connectivity index (χ3v) is 5.51. The summed E-state index contributed by atoms with van der Waals surface area (Å²) in [5.74, 6) is -2.52. The van der Waals surface area contributed by atoms with Gasteiger partial charge in [0.1, 0.15) is 0 Å². The highest BCUT2D eigenvalue weighted by Gasteiger charge is 2.47. The van der Waals surface area contributed by atoms with Crippen LogP contribution in [0.15, 0.2) is 24.0 Å². The molecule has 0 saturated heterocycles. The Labute approximate surface area is 201 Å². The van der Waals surface area contributed by atoms with Gasteiger partial charge in [-0.1, -0.05) is 92.6 Å². The summed E-state index contributed by atoms with van der Waals surface area (Å²) in [6.45, 7) is 12.3. The van der Waals surface area contributed by atoms with Crippen molar-refractivity contribution in [3.05, 3.63) is 24.0 Å². The summed E-state index contributed by atoms with van der Waals surface area (Å²) in [4.78, 5) is 25.0. The van der Waals surface area contributed by atoms with Gasteiger partial charge in [-0.3, -0.25) is 9.59 Å². The number of rotatable bonds is 17. The van der Waals surface area contributed by atoms with E-state index in [1.54, 1.807) is 45.9 Å². The first-order chi connectivity index (χ1) is 15.8. The molecule has 0 aromatic rings. The molecule has 1 rings (SSSR count). The number of hydrogen-bond acceptors (Lipinski definition) is 6. The van der Waals surface area contributed by atoms with E-state index in [2.05, 4.69) is 13.8 Å². The molecular weight excluding hydrogens is 420 g/mol. The maximum atomic E-state index is 12.6. The van der Waals surface area contributed by atoms with E-state index >= 15 is 0 Å². The summed E-state index contributed by atoms with van der Waals surface area (Å²) < 4.78 is 24.1. The summed E-state index contributed by atoms with van der Waals surface area (Å²) in [5.41, 5.74) is 0. The molecule has 0 amide bonds. The molecule has 6 heteroatoms. The second-order valence-electron chi connectivity index (χ2n) is 9.37. The zero-order valence-electron chi connectivity index (χ0n) is 21.7. The third-order valence-electron chi connectivity index (χ3n) is 5.51. The van der Waals surface area contributed by atoms with Crippen molar-refractivity contribution in [2.24, 2.45) is 11.8 Å². The van der Waals surface area contributed by atoms with Crippen LogP contribution in [-0.4, -0.2) is 37.0 Å². The minimum atomic E-state index is -1.32. The molecule has 0 heterocycles. The molecule has 0 saturated carbocycles. The van der Waals surface area contributed by atoms with Crippen molar-refractivity contribution in [3.8, 4) is 0 Å². The molecule has 0 aromatic carbocycles. The Balaban J connectivity index is 3.09. The SMILES string of the molecule is CCCCCCCOC1(OCCCCCC)C=CC=C(OC(=O)C(C)C)C1OC(=O)C(C)C. The first-order valence-corrected chi connectivity index (χ1v) is 12.9. The van der Waals surface area contributed by atoms with Gasteiger partial charge < -0.3 is 18.9 Å². The molecular formula is C27H46O6. The van der Waals surface area contributed by atoms with E-state index in [1.165, 1.54) is 12.8 Å². The van der Waals surface area contributed by atoms with Gasteiger partial charge in [-0.25, -0.2) is 0 Å². The van der Waals surface area contributed by atoms with E-state index in [0.717, 1.165) is 44.9 Å². The molecule has 0 radical (unpaired) electrons. The fraction of sp³-hybridized carbons (Fsp3) is 0.778. The number of allylic oxidation sites excluding steroid dienone is 2. The topological polar surface area (TPSA) is 71.1 Å². The summed E-state index contributed by atoms with van der Waals surface area (Å²) in [6.07, 6.45) is 13.9. The largest absolute Gasteiger partial charge is 0.448 e. The van der Waals surface area contributed by atoms with Gasteiger partial charge in [-0.2, -0.15) is 0 Å². The zero-order valence-corrected chi connectivity index (χ0v) is 21.7. The van der Waals surface area contributed by atoms with Gasteiger partial charge in [0.2, 0.25) is 11.9 Å². The Bertz CT molecular complexity index is 637. The van der Waals surface area contributed by atoms with Gasteiger partial charge in [-0.05, 0) is 25.0 Å². The van der Waals surface area contributed by atoms with Gasteiger partial charge in [0.25, 0.3) is 0 Å². The highest BCUT2D eigenvalue weighted by atomic mass is 16.7. The number of hydrogen-bond donors (Lipinski definition) is 0. The van der Waals surface area contributed by atoms with Crippen molar-refractivity contribution in [2.75, 3.05) is 13.2 Å². The lowest BCUT2D eigenvalue weighted by atomic mass is 10.0. The summed E-state index contributed by atoms with van der Waals surface area (Å²) in [5, 5.41) is 0. The lowest BCUT2D eigenvalue weighted by molar-refractivity contribution is -0.259. The predicted octanol–water partition coefficient (Wildman–Crippen LogP) is 6.49. The molecule has 0 aliphatic heterocycles. The monoisotopic (exact) mass is 466 g/mol. The Morgan fingerprint density at radius 3 is 1.85 bits per heavy atom. The standard InChI is InChI=1S/C27H46O6/c1-7-9-11-13-15-20-31-27(30-19-14-12-10-8-2)18-16-17-23(32-25(28)21(3)4)24(27)33-26(29)22(5)6/h16-18,21-22,24H,7-15,19-20H2,1-6H3. The number of unbranched alkanes of at least 4 members (excludes halogenated alkanes) is 7. The smallest absolute Gasteiger partial charge is 0.313 e. The van der Waals surface area contributed by atoms with Crippen LogP contribution in [-0.2, 0) is 28.5 Å². The van der Waals surface area contributed by atoms with Gasteiger partial charge in [0.15, 0.2) is 5.76 Å². The van der Waals surface area contributed by atoms with E-state index in [1.807, 2.05) is 0 Å². The molecule has 33 heavy (non-hydrogen) atoms. The molecule has 1 aliphatic carbocycles. The summed E-state index contributed by atoms with van der Waals surface area (Å²) >= 11 is 0. The highest BCUT2D eigenvalue weighted by Crippen LogP contribution is 2.34. The van der Waals surface area contributed by atoms with Crippen molar-refractivity contribution < 1.29 is 28.5 Å². The van der Waals surface area contributed by atoms with Crippen LogP contribution in [0.2, 0.25) is 0 Å². The maximum Gasteiger partial charge on any atom is 0.313 e. The van der Waals surface area contributed by atoms with Gasteiger partial charge in [0.05, 0.1) is 25.0 Å². The second kappa shape index (κ2) is 16.0. The Morgan fingerprint density at radius 1 is 0.818 bits per heavy atom. The lowest BCUT2D eigenvalue weighted by Crippen LogP contribution is -2.51. The molecule has 190 valence electrons. The minimum Gasteiger partial charge on any atom is -0.448 e. The van der Waals surface area contributed by atoms with Crippen LogP contribution in [0.4, 0.5) is 0 Å². The molecule has 0 aromatic heterocycles. The van der Waals surface area contributed by atoms with E-state index in [4.69, 9.17) is 18.9 Å². The van der Waals surface area contributed by atoms with Gasteiger partial charge in [-0.15, -0.1) is 0 Å². The van der Waals surface area contributed by atoms with Crippen molar-refractivity contribution in [2.45, 2.75) is 111 Å². The predicted molar refractivity (Wildman–Crippen MR) is 130 cm³/mol. The molecule has 0 spiro atoms. The van der Waals surface area contributed by atoms with Crippen molar-refractivity contribution in [1.82, 2.24) is 0 Å². The Morgan fingerprint density at radius 2 is 1.33 bits per heavy atom. The first kappa shape index (κ1) is 29.4. The molecule has 0 N–H and O–H groups in total. The first-order valence-electron chi connectivity index (χ1n) is 12.9. The average Bonchev–Trinajstić information content (AvgIpc) is 2.77. The molecule has 0 bridgehead atoms. The van der Waals surface area contributed by atoms with Crippen LogP contribution in [0.5, 0.6) is 0 Å². The number of carbonyl (C=O) groups excluding carboxylic acids is 2. The maximum absolute atomic E-state index is 12.6. The van der Waals surface area contributed by atoms with Gasteiger partial charge in [0, 0.05) is 0 Å². The van der Waals surface area contributed by atoms with Crippen LogP contribution in [0.3, 0.4) is 0 Å².